The van der Waals surface area contributed by atoms with Gasteiger partial charge in [-0.3, -0.25) is 9.36 Å². The molecule has 3 rings (SSSR count). The summed E-state index contributed by atoms with van der Waals surface area (Å²) in [7, 11) is 0. The number of rotatable bonds is 7. The Morgan fingerprint density at radius 1 is 1.15 bits per heavy atom. The van der Waals surface area contributed by atoms with E-state index in [1.807, 2.05) is 22.8 Å². The summed E-state index contributed by atoms with van der Waals surface area (Å²) in [6.45, 7) is 4.30. The number of halogens is 3. The van der Waals surface area contributed by atoms with Crippen LogP contribution in [0.3, 0.4) is 0 Å². The van der Waals surface area contributed by atoms with E-state index in [1.165, 1.54) is 11.8 Å². The second kappa shape index (κ2) is 9.06. The predicted octanol–water partition coefficient (Wildman–Crippen LogP) is 6.18. The van der Waals surface area contributed by atoms with Crippen molar-refractivity contribution in [1.82, 2.24) is 14.8 Å². The molecule has 0 radical (unpaired) electrons. The number of aromatic nitrogens is 3. The third kappa shape index (κ3) is 4.82. The van der Waals surface area contributed by atoms with E-state index in [-0.39, 0.29) is 11.5 Å². The lowest BCUT2D eigenvalue weighted by Gasteiger charge is -2.08. The molecule has 0 saturated carbocycles. The molecular formula is C19H14BrCl2N3OS. The Morgan fingerprint density at radius 2 is 1.89 bits per heavy atom. The molecule has 0 unspecified atom stereocenters. The Balaban J connectivity index is 1.82. The van der Waals surface area contributed by atoms with E-state index in [0.29, 0.717) is 33.1 Å². The number of nitrogens with zero attached hydrogens (tertiary/aromatic N) is 3. The maximum absolute atomic E-state index is 12.4. The summed E-state index contributed by atoms with van der Waals surface area (Å²) in [5.74, 6) is 0.932. The van der Waals surface area contributed by atoms with Gasteiger partial charge in [0.05, 0.1) is 15.8 Å². The number of Topliss-reactive ketones (excluding diaryl/α,β-unsaturated/α-hetero) is 1. The molecule has 4 nitrogen and oxygen atoms in total. The Labute approximate surface area is 179 Å². The van der Waals surface area contributed by atoms with E-state index in [4.69, 9.17) is 23.2 Å². The van der Waals surface area contributed by atoms with Gasteiger partial charge in [-0.05, 0) is 30.3 Å². The van der Waals surface area contributed by atoms with Gasteiger partial charge in [0.1, 0.15) is 0 Å². The van der Waals surface area contributed by atoms with Crippen molar-refractivity contribution in [2.24, 2.45) is 0 Å². The standard InChI is InChI=1S/C19H14BrCl2N3OS/c1-2-9-25-18(13-5-8-15(21)16(22)10-13)23-24-19(25)27-11-17(26)12-3-6-14(20)7-4-12/h2-8,10H,1,9,11H2. The molecule has 1 heterocycles. The fourth-order valence-electron chi connectivity index (χ4n) is 2.39. The molecule has 138 valence electrons. The van der Waals surface area contributed by atoms with Gasteiger partial charge in [-0.1, -0.05) is 69.1 Å². The van der Waals surface area contributed by atoms with Gasteiger partial charge in [0.2, 0.25) is 0 Å². The average molecular weight is 483 g/mol. The first-order valence-electron chi connectivity index (χ1n) is 7.90. The summed E-state index contributed by atoms with van der Waals surface area (Å²) >= 11 is 16.8. The lowest BCUT2D eigenvalue weighted by molar-refractivity contribution is 0.102. The van der Waals surface area contributed by atoms with E-state index in [1.54, 1.807) is 30.3 Å². The van der Waals surface area contributed by atoms with Gasteiger partial charge in [0, 0.05) is 22.1 Å². The highest BCUT2D eigenvalue weighted by molar-refractivity contribution is 9.10. The van der Waals surface area contributed by atoms with Crippen LogP contribution in [0.5, 0.6) is 0 Å². The third-order valence-corrected chi connectivity index (χ3v) is 5.94. The number of carbonyl (C=O) groups is 1. The molecule has 0 spiro atoms. The van der Waals surface area contributed by atoms with Crippen molar-refractivity contribution < 1.29 is 4.79 Å². The lowest BCUT2D eigenvalue weighted by atomic mass is 10.2. The van der Waals surface area contributed by atoms with Gasteiger partial charge in [-0.15, -0.1) is 16.8 Å². The van der Waals surface area contributed by atoms with Gasteiger partial charge in [0.25, 0.3) is 0 Å². The van der Waals surface area contributed by atoms with Crippen LogP contribution in [0.25, 0.3) is 11.4 Å². The SMILES string of the molecule is C=CCn1c(SCC(=O)c2ccc(Br)cc2)nnc1-c1ccc(Cl)c(Cl)c1. The molecule has 0 bridgehead atoms. The molecule has 2 aromatic carbocycles. The Hall–Kier alpha value is -1.60. The van der Waals surface area contributed by atoms with Gasteiger partial charge in [0.15, 0.2) is 16.8 Å². The molecule has 3 aromatic rings. The van der Waals surface area contributed by atoms with E-state index >= 15 is 0 Å². The van der Waals surface area contributed by atoms with Crippen molar-refractivity contribution in [3.8, 4) is 11.4 Å². The number of benzene rings is 2. The minimum Gasteiger partial charge on any atom is -0.298 e. The molecule has 1 aromatic heterocycles. The van der Waals surface area contributed by atoms with Crippen molar-refractivity contribution in [2.75, 3.05) is 5.75 Å². The molecule has 0 aliphatic heterocycles. The molecule has 0 saturated heterocycles. The summed E-state index contributed by atoms with van der Waals surface area (Å²) in [5, 5.41) is 10.1. The lowest BCUT2D eigenvalue weighted by Crippen LogP contribution is -2.05. The van der Waals surface area contributed by atoms with Crippen molar-refractivity contribution in [1.29, 1.82) is 0 Å². The van der Waals surface area contributed by atoms with Gasteiger partial charge in [-0.25, -0.2) is 0 Å². The zero-order valence-electron chi connectivity index (χ0n) is 14.0. The Bertz CT molecular complexity index is 989. The van der Waals surface area contributed by atoms with Crippen LogP contribution in [-0.4, -0.2) is 26.3 Å². The second-order valence-electron chi connectivity index (χ2n) is 5.55. The van der Waals surface area contributed by atoms with Crippen LogP contribution in [-0.2, 0) is 6.54 Å². The van der Waals surface area contributed by atoms with Crippen LogP contribution in [0, 0.1) is 0 Å². The van der Waals surface area contributed by atoms with E-state index in [9.17, 15) is 4.79 Å². The van der Waals surface area contributed by atoms with E-state index in [0.717, 1.165) is 10.0 Å². The van der Waals surface area contributed by atoms with E-state index in [2.05, 4.69) is 32.7 Å². The average Bonchev–Trinajstić information content (AvgIpc) is 3.05. The van der Waals surface area contributed by atoms with E-state index < -0.39 is 0 Å². The first-order chi connectivity index (χ1) is 13.0. The zero-order chi connectivity index (χ0) is 19.4. The van der Waals surface area contributed by atoms with Crippen LogP contribution < -0.4 is 0 Å². The summed E-state index contributed by atoms with van der Waals surface area (Å²) in [5.41, 5.74) is 1.45. The number of ketones is 1. The molecule has 0 atom stereocenters. The minimum absolute atomic E-state index is 0.0248. The summed E-state index contributed by atoms with van der Waals surface area (Å²) in [4.78, 5) is 12.4. The number of carbonyl (C=O) groups excluding carboxylic acids is 1. The molecule has 0 aliphatic carbocycles. The quantitative estimate of drug-likeness (QED) is 0.229. The summed E-state index contributed by atoms with van der Waals surface area (Å²) < 4.78 is 2.83. The maximum Gasteiger partial charge on any atom is 0.192 e. The summed E-state index contributed by atoms with van der Waals surface area (Å²) in [6, 6.07) is 12.6. The monoisotopic (exact) mass is 481 g/mol. The largest absolute Gasteiger partial charge is 0.298 e. The molecule has 27 heavy (non-hydrogen) atoms. The predicted molar refractivity (Wildman–Crippen MR) is 115 cm³/mol. The molecule has 0 amide bonds. The Kier molecular flexibility index (Phi) is 6.76. The maximum atomic E-state index is 12.4. The summed E-state index contributed by atoms with van der Waals surface area (Å²) in [6.07, 6.45) is 1.75. The normalized spacial score (nSPS) is 10.8. The number of allylic oxidation sites excluding steroid dienone is 1. The van der Waals surface area contributed by atoms with Crippen LogP contribution in [0.2, 0.25) is 10.0 Å². The van der Waals surface area contributed by atoms with Gasteiger partial charge in [-0.2, -0.15) is 0 Å². The van der Waals surface area contributed by atoms with Crippen LogP contribution in [0.4, 0.5) is 0 Å². The molecule has 0 fully saturated rings. The van der Waals surface area contributed by atoms with Crippen molar-refractivity contribution in [3.05, 3.63) is 75.2 Å². The van der Waals surface area contributed by atoms with Crippen LogP contribution >= 0.6 is 50.9 Å². The third-order valence-electron chi connectivity index (χ3n) is 3.70. The number of hydrogen-bond donors (Lipinski definition) is 0. The second-order valence-corrected chi connectivity index (χ2v) is 8.23. The van der Waals surface area contributed by atoms with Crippen molar-refractivity contribution in [3.63, 3.8) is 0 Å². The minimum atomic E-state index is 0.0248. The topological polar surface area (TPSA) is 47.8 Å². The highest BCUT2D eigenvalue weighted by Gasteiger charge is 2.16. The first-order valence-corrected chi connectivity index (χ1v) is 10.4. The fourth-order valence-corrected chi connectivity index (χ4v) is 3.79. The van der Waals surface area contributed by atoms with Gasteiger partial charge >= 0.3 is 0 Å². The first kappa shape index (κ1) is 20.1. The molecule has 0 aliphatic rings. The number of thioether (sulfide) groups is 1. The zero-order valence-corrected chi connectivity index (χ0v) is 17.9. The van der Waals surface area contributed by atoms with Crippen molar-refractivity contribution in [2.45, 2.75) is 11.7 Å². The van der Waals surface area contributed by atoms with Crippen molar-refractivity contribution >= 4 is 56.7 Å². The molecular weight excluding hydrogens is 469 g/mol. The smallest absolute Gasteiger partial charge is 0.192 e. The number of hydrogen-bond acceptors (Lipinski definition) is 4. The molecule has 8 heteroatoms. The highest BCUT2D eigenvalue weighted by Crippen LogP contribution is 2.30. The Morgan fingerprint density at radius 3 is 2.56 bits per heavy atom. The highest BCUT2D eigenvalue weighted by atomic mass is 79.9. The van der Waals surface area contributed by atoms with Crippen LogP contribution in [0.15, 0.2) is 64.7 Å². The van der Waals surface area contributed by atoms with Gasteiger partial charge < -0.3 is 0 Å². The van der Waals surface area contributed by atoms with Crippen LogP contribution in [0.1, 0.15) is 10.4 Å². The fraction of sp³-hybridized carbons (Fsp3) is 0.105. The molecule has 0 N–H and O–H groups in total.